The third-order valence-electron chi connectivity index (χ3n) is 11.4. The Bertz CT molecular complexity index is 1150. The molecule has 364 valence electrons. The summed E-state index contributed by atoms with van der Waals surface area (Å²) in [5.41, 5.74) is 0. The van der Waals surface area contributed by atoms with E-state index in [-0.39, 0.29) is 31.1 Å². The third-order valence-corrected chi connectivity index (χ3v) is 11.4. The molecule has 0 aliphatic heterocycles. The van der Waals surface area contributed by atoms with E-state index in [2.05, 4.69) is 81.5 Å². The van der Waals surface area contributed by atoms with Crippen molar-refractivity contribution in [2.24, 2.45) is 0 Å². The normalized spacial score (nSPS) is 12.5. The van der Waals surface area contributed by atoms with Crippen LogP contribution >= 0.6 is 0 Å². The van der Waals surface area contributed by atoms with Crippen LogP contribution in [0, 0.1) is 0 Å². The number of carbonyl (C=O) groups is 3. The predicted octanol–water partition coefficient (Wildman–Crippen LogP) is 17.6. The number of allylic oxidation sites excluding steroid dienone is 10. The first-order valence-corrected chi connectivity index (χ1v) is 26.8. The van der Waals surface area contributed by atoms with Gasteiger partial charge >= 0.3 is 17.9 Å². The molecule has 6 nitrogen and oxygen atoms in total. The first-order valence-electron chi connectivity index (χ1n) is 26.8. The van der Waals surface area contributed by atoms with Crippen molar-refractivity contribution >= 4 is 17.9 Å². The van der Waals surface area contributed by atoms with E-state index in [9.17, 15) is 14.4 Å². The summed E-state index contributed by atoms with van der Waals surface area (Å²) in [7, 11) is 0. The fourth-order valence-corrected chi connectivity index (χ4v) is 7.39. The topological polar surface area (TPSA) is 78.9 Å². The quantitative estimate of drug-likeness (QED) is 0.0262. The van der Waals surface area contributed by atoms with Crippen molar-refractivity contribution < 1.29 is 28.6 Å². The van der Waals surface area contributed by atoms with Crippen molar-refractivity contribution in [3.05, 3.63) is 60.8 Å². The van der Waals surface area contributed by atoms with Gasteiger partial charge in [-0.2, -0.15) is 0 Å². The van der Waals surface area contributed by atoms with Crippen LogP contribution in [0.4, 0.5) is 0 Å². The molecule has 0 aromatic heterocycles. The fourth-order valence-electron chi connectivity index (χ4n) is 7.39. The Balaban J connectivity index is 4.18. The lowest BCUT2D eigenvalue weighted by atomic mass is 10.1. The van der Waals surface area contributed by atoms with Crippen LogP contribution < -0.4 is 0 Å². The van der Waals surface area contributed by atoms with Crippen molar-refractivity contribution in [1.29, 1.82) is 0 Å². The average molecular weight is 881 g/mol. The van der Waals surface area contributed by atoms with Crippen LogP contribution in [0.1, 0.15) is 265 Å². The summed E-state index contributed by atoms with van der Waals surface area (Å²) in [5.74, 6) is -0.906. The van der Waals surface area contributed by atoms with Gasteiger partial charge in [-0.1, -0.05) is 210 Å². The van der Waals surface area contributed by atoms with E-state index in [1.807, 2.05) is 0 Å². The minimum atomic E-state index is -0.780. The molecular weight excluding hydrogens is 781 g/mol. The summed E-state index contributed by atoms with van der Waals surface area (Å²) in [6.45, 7) is 6.49. The van der Waals surface area contributed by atoms with Crippen LogP contribution in [-0.2, 0) is 28.6 Å². The molecule has 0 spiro atoms. The Morgan fingerprint density at radius 3 is 0.968 bits per heavy atom. The number of ether oxygens (including phenoxy) is 3. The highest BCUT2D eigenvalue weighted by atomic mass is 16.6. The molecular formula is C57H100O6. The standard InChI is InChI=1S/C57H100O6/c1-4-7-10-13-16-19-22-23-24-25-26-27-28-29-30-31-32-33-34-35-36-39-41-44-47-50-56(59)62-53-54(63-57(60)51-48-45-42-38-21-18-15-12-9-6-3)52-61-55(58)49-46-43-40-37-20-17-14-11-8-5-2/h11-12,14-15,22-23,25-26,28-29,54H,4-10,13,16-21,24,27,30-53H2,1-3H3/b14-11-,15-12-,23-22-,26-25-,29-28-. The van der Waals surface area contributed by atoms with E-state index in [0.717, 1.165) is 103 Å². The highest BCUT2D eigenvalue weighted by molar-refractivity contribution is 5.71. The monoisotopic (exact) mass is 881 g/mol. The molecule has 0 N–H and O–H groups in total. The number of hydrogen-bond acceptors (Lipinski definition) is 6. The highest BCUT2D eigenvalue weighted by Gasteiger charge is 2.19. The van der Waals surface area contributed by atoms with Gasteiger partial charge in [0, 0.05) is 19.3 Å². The average Bonchev–Trinajstić information content (AvgIpc) is 3.28. The minimum absolute atomic E-state index is 0.0822. The largest absolute Gasteiger partial charge is 0.462 e. The SMILES string of the molecule is CCC/C=C\CCCCCCCC(=O)OCC(COC(=O)CCCCCCCCCCCC/C=C\C/C=C\C/C=C\CCCCCCC)OC(=O)CCCCCCC/C=C\CCC. The maximum atomic E-state index is 12.7. The molecule has 0 radical (unpaired) electrons. The molecule has 0 bridgehead atoms. The Morgan fingerprint density at radius 1 is 0.317 bits per heavy atom. The van der Waals surface area contributed by atoms with E-state index in [0.29, 0.717) is 19.3 Å². The Kier molecular flexibility index (Phi) is 49.4. The summed E-state index contributed by atoms with van der Waals surface area (Å²) in [6, 6.07) is 0. The summed E-state index contributed by atoms with van der Waals surface area (Å²) in [4.78, 5) is 37.8. The summed E-state index contributed by atoms with van der Waals surface area (Å²) < 4.78 is 16.7. The van der Waals surface area contributed by atoms with Gasteiger partial charge in [-0.25, -0.2) is 0 Å². The maximum absolute atomic E-state index is 12.7. The van der Waals surface area contributed by atoms with Crippen molar-refractivity contribution in [2.45, 2.75) is 271 Å². The van der Waals surface area contributed by atoms with Crippen LogP contribution in [0.25, 0.3) is 0 Å². The Labute approximate surface area is 390 Å². The number of carbonyl (C=O) groups excluding carboxylic acids is 3. The van der Waals surface area contributed by atoms with Crippen LogP contribution in [0.15, 0.2) is 60.8 Å². The third kappa shape index (κ3) is 50.0. The van der Waals surface area contributed by atoms with Crippen molar-refractivity contribution in [1.82, 2.24) is 0 Å². The van der Waals surface area contributed by atoms with Gasteiger partial charge in [-0.05, 0) is 96.3 Å². The van der Waals surface area contributed by atoms with Crippen LogP contribution in [0.2, 0.25) is 0 Å². The lowest BCUT2D eigenvalue weighted by Gasteiger charge is -2.18. The van der Waals surface area contributed by atoms with E-state index in [1.165, 1.54) is 122 Å². The second kappa shape index (κ2) is 51.7. The van der Waals surface area contributed by atoms with E-state index < -0.39 is 6.10 Å². The number of unbranched alkanes of at least 4 members (excludes halogenated alkanes) is 27. The maximum Gasteiger partial charge on any atom is 0.306 e. The van der Waals surface area contributed by atoms with Gasteiger partial charge in [0.2, 0.25) is 0 Å². The molecule has 0 saturated carbocycles. The van der Waals surface area contributed by atoms with E-state index in [4.69, 9.17) is 14.2 Å². The first-order chi connectivity index (χ1) is 31.0. The number of hydrogen-bond donors (Lipinski definition) is 0. The molecule has 0 rings (SSSR count). The zero-order valence-electron chi connectivity index (χ0n) is 41.6. The molecule has 0 aromatic carbocycles. The van der Waals surface area contributed by atoms with E-state index in [1.54, 1.807) is 0 Å². The lowest BCUT2D eigenvalue weighted by Crippen LogP contribution is -2.30. The lowest BCUT2D eigenvalue weighted by molar-refractivity contribution is -0.167. The zero-order valence-corrected chi connectivity index (χ0v) is 41.6. The van der Waals surface area contributed by atoms with Crippen LogP contribution in [-0.4, -0.2) is 37.2 Å². The number of esters is 3. The smallest absolute Gasteiger partial charge is 0.306 e. The Hall–Kier alpha value is -2.89. The van der Waals surface area contributed by atoms with Crippen LogP contribution in [0.5, 0.6) is 0 Å². The molecule has 0 heterocycles. The zero-order chi connectivity index (χ0) is 45.8. The molecule has 1 atom stereocenters. The fraction of sp³-hybridized carbons (Fsp3) is 0.772. The van der Waals surface area contributed by atoms with Gasteiger partial charge < -0.3 is 14.2 Å². The second-order valence-corrected chi connectivity index (χ2v) is 17.8. The summed E-state index contributed by atoms with van der Waals surface area (Å²) in [5, 5.41) is 0. The first kappa shape index (κ1) is 60.1. The van der Waals surface area contributed by atoms with Gasteiger partial charge in [0.15, 0.2) is 6.10 Å². The van der Waals surface area contributed by atoms with E-state index >= 15 is 0 Å². The van der Waals surface area contributed by atoms with Crippen molar-refractivity contribution in [3.8, 4) is 0 Å². The molecule has 63 heavy (non-hydrogen) atoms. The van der Waals surface area contributed by atoms with Gasteiger partial charge in [-0.15, -0.1) is 0 Å². The molecule has 0 aliphatic carbocycles. The van der Waals surface area contributed by atoms with Crippen molar-refractivity contribution in [2.75, 3.05) is 13.2 Å². The Morgan fingerprint density at radius 2 is 0.603 bits per heavy atom. The van der Waals surface area contributed by atoms with Crippen LogP contribution in [0.3, 0.4) is 0 Å². The summed E-state index contributed by atoms with van der Waals surface area (Å²) in [6.07, 6.45) is 63.7. The molecule has 6 heteroatoms. The molecule has 0 fully saturated rings. The number of rotatable bonds is 48. The van der Waals surface area contributed by atoms with Gasteiger partial charge in [-0.3, -0.25) is 14.4 Å². The molecule has 0 aliphatic rings. The highest BCUT2D eigenvalue weighted by Crippen LogP contribution is 2.15. The predicted molar refractivity (Wildman–Crippen MR) is 270 cm³/mol. The molecule has 0 aromatic rings. The van der Waals surface area contributed by atoms with Gasteiger partial charge in [0.1, 0.15) is 13.2 Å². The van der Waals surface area contributed by atoms with Gasteiger partial charge in [0.25, 0.3) is 0 Å². The van der Waals surface area contributed by atoms with Crippen molar-refractivity contribution in [3.63, 3.8) is 0 Å². The minimum Gasteiger partial charge on any atom is -0.462 e. The van der Waals surface area contributed by atoms with Gasteiger partial charge in [0.05, 0.1) is 0 Å². The molecule has 1 unspecified atom stereocenters. The molecule has 0 saturated heterocycles. The summed E-state index contributed by atoms with van der Waals surface area (Å²) >= 11 is 0. The molecule has 0 amide bonds. The second-order valence-electron chi connectivity index (χ2n) is 17.8.